The molecule has 98 valence electrons. The van der Waals surface area contributed by atoms with Crippen LogP contribution in [0.25, 0.3) is 11.1 Å². The normalized spacial score (nSPS) is 12.0. The maximum Gasteiger partial charge on any atom is 0.0922 e. The topological polar surface area (TPSA) is 40.7 Å². The molecule has 0 unspecified atom stereocenters. The quantitative estimate of drug-likeness (QED) is 0.591. The van der Waals surface area contributed by atoms with Crippen molar-refractivity contribution in [2.75, 3.05) is 5.32 Å². The zero-order chi connectivity index (χ0) is 13.4. The van der Waals surface area contributed by atoms with Crippen LogP contribution >= 0.6 is 0 Å². The minimum Gasteiger partial charge on any atom is -0.379 e. The summed E-state index contributed by atoms with van der Waals surface area (Å²) in [7, 11) is 0. The molecule has 0 atom stereocenters. The molecule has 3 heteroatoms. The zero-order valence-corrected chi connectivity index (χ0v) is 11.1. The van der Waals surface area contributed by atoms with Crippen LogP contribution in [-0.2, 0) is 13.0 Å². The molecule has 2 N–H and O–H groups in total. The van der Waals surface area contributed by atoms with E-state index in [1.807, 2.05) is 6.20 Å². The highest BCUT2D eigenvalue weighted by atomic mass is 14.9. The van der Waals surface area contributed by atoms with E-state index in [1.165, 1.54) is 22.3 Å². The van der Waals surface area contributed by atoms with Crippen LogP contribution in [-0.4, -0.2) is 9.97 Å². The molecule has 0 aliphatic heterocycles. The first-order valence-electron chi connectivity index (χ1n) is 6.82. The molecular formula is C17H15N3. The van der Waals surface area contributed by atoms with Crippen molar-refractivity contribution in [2.45, 2.75) is 13.0 Å². The minimum absolute atomic E-state index is 0.770. The second-order valence-electron chi connectivity index (χ2n) is 5.14. The van der Waals surface area contributed by atoms with Gasteiger partial charge in [-0.25, -0.2) is 4.98 Å². The summed E-state index contributed by atoms with van der Waals surface area (Å²) in [6.45, 7) is 0.770. The van der Waals surface area contributed by atoms with Crippen molar-refractivity contribution in [2.24, 2.45) is 0 Å². The number of fused-ring (bicyclic) bond motifs is 3. The molecular weight excluding hydrogens is 246 g/mol. The summed E-state index contributed by atoms with van der Waals surface area (Å²) >= 11 is 0. The number of imidazole rings is 1. The van der Waals surface area contributed by atoms with Crippen molar-refractivity contribution in [1.82, 2.24) is 9.97 Å². The van der Waals surface area contributed by atoms with Crippen molar-refractivity contribution in [1.29, 1.82) is 0 Å². The Morgan fingerprint density at radius 2 is 1.95 bits per heavy atom. The maximum absolute atomic E-state index is 4.02. The fourth-order valence-corrected chi connectivity index (χ4v) is 2.83. The Morgan fingerprint density at radius 1 is 1.05 bits per heavy atom. The third kappa shape index (κ3) is 1.88. The van der Waals surface area contributed by atoms with Crippen LogP contribution in [0.3, 0.4) is 0 Å². The predicted octanol–water partition coefficient (Wildman–Crippen LogP) is 3.59. The fraction of sp³-hybridized carbons (Fsp3) is 0.118. The molecule has 3 nitrogen and oxygen atoms in total. The Balaban J connectivity index is 1.59. The molecule has 1 aromatic heterocycles. The van der Waals surface area contributed by atoms with Gasteiger partial charge in [0.25, 0.3) is 0 Å². The number of H-pyrrole nitrogens is 1. The molecule has 0 bridgehead atoms. The van der Waals surface area contributed by atoms with Crippen LogP contribution in [0.1, 0.15) is 16.8 Å². The van der Waals surface area contributed by atoms with Crippen LogP contribution in [0.5, 0.6) is 0 Å². The standard InChI is InChI=1S/C17H15N3/c1-2-4-16-12(3-1)7-13-8-14(5-6-17(13)16)19-10-15-9-18-11-20-15/h1-6,8-9,11,19H,7,10H2,(H,18,20). The lowest BCUT2D eigenvalue weighted by Gasteiger charge is -2.07. The molecule has 0 spiro atoms. The SMILES string of the molecule is c1ccc2c(c1)Cc1cc(NCc3cnc[nH]3)ccc1-2. The fourth-order valence-electron chi connectivity index (χ4n) is 2.83. The molecule has 1 aliphatic rings. The van der Waals surface area contributed by atoms with E-state index in [2.05, 4.69) is 57.7 Å². The van der Waals surface area contributed by atoms with Gasteiger partial charge in [0.15, 0.2) is 0 Å². The largest absolute Gasteiger partial charge is 0.379 e. The number of benzene rings is 2. The Hall–Kier alpha value is -2.55. The highest BCUT2D eigenvalue weighted by Gasteiger charge is 2.17. The van der Waals surface area contributed by atoms with Gasteiger partial charge in [-0.05, 0) is 40.8 Å². The summed E-state index contributed by atoms with van der Waals surface area (Å²) in [6, 6.07) is 15.3. The number of hydrogen-bond donors (Lipinski definition) is 2. The molecule has 0 radical (unpaired) electrons. The second kappa shape index (κ2) is 4.53. The van der Waals surface area contributed by atoms with Crippen molar-refractivity contribution >= 4 is 5.69 Å². The summed E-state index contributed by atoms with van der Waals surface area (Å²) in [5.41, 5.74) is 7.82. The van der Waals surface area contributed by atoms with E-state index in [4.69, 9.17) is 0 Å². The second-order valence-corrected chi connectivity index (χ2v) is 5.14. The molecule has 2 aromatic carbocycles. The van der Waals surface area contributed by atoms with Crippen LogP contribution in [0.2, 0.25) is 0 Å². The number of nitrogens with zero attached hydrogens (tertiary/aromatic N) is 1. The number of nitrogens with one attached hydrogen (secondary N) is 2. The van der Waals surface area contributed by atoms with Crippen LogP contribution < -0.4 is 5.32 Å². The lowest BCUT2D eigenvalue weighted by atomic mass is 10.1. The van der Waals surface area contributed by atoms with E-state index in [0.717, 1.165) is 24.3 Å². The lowest BCUT2D eigenvalue weighted by Crippen LogP contribution is -1.99. The van der Waals surface area contributed by atoms with Crippen molar-refractivity contribution in [3.05, 3.63) is 71.8 Å². The van der Waals surface area contributed by atoms with E-state index < -0.39 is 0 Å². The summed E-state index contributed by atoms with van der Waals surface area (Å²) in [6.07, 6.45) is 4.58. The average molecular weight is 261 g/mol. The average Bonchev–Trinajstić information content (AvgIpc) is 3.12. The number of anilines is 1. The molecule has 0 amide bonds. The van der Waals surface area contributed by atoms with Crippen LogP contribution in [0.4, 0.5) is 5.69 Å². The summed E-state index contributed by atoms with van der Waals surface area (Å²) in [5, 5.41) is 3.43. The van der Waals surface area contributed by atoms with Gasteiger partial charge < -0.3 is 10.3 Å². The third-order valence-corrected chi connectivity index (χ3v) is 3.83. The molecule has 20 heavy (non-hydrogen) atoms. The van der Waals surface area contributed by atoms with Crippen molar-refractivity contribution < 1.29 is 0 Å². The van der Waals surface area contributed by atoms with Crippen molar-refractivity contribution in [3.8, 4) is 11.1 Å². The Bertz CT molecular complexity index is 745. The van der Waals surface area contributed by atoms with Crippen LogP contribution in [0.15, 0.2) is 55.0 Å². The number of aromatic amines is 1. The molecule has 0 fully saturated rings. The number of aromatic nitrogens is 2. The van der Waals surface area contributed by atoms with Gasteiger partial charge in [-0.2, -0.15) is 0 Å². The van der Waals surface area contributed by atoms with Gasteiger partial charge in [0.05, 0.1) is 18.6 Å². The third-order valence-electron chi connectivity index (χ3n) is 3.83. The molecule has 1 heterocycles. The van der Waals surface area contributed by atoms with Gasteiger partial charge in [-0.15, -0.1) is 0 Å². The first-order chi connectivity index (χ1) is 9.90. The smallest absolute Gasteiger partial charge is 0.0922 e. The van der Waals surface area contributed by atoms with Gasteiger partial charge in [-0.3, -0.25) is 0 Å². The van der Waals surface area contributed by atoms with E-state index in [1.54, 1.807) is 6.33 Å². The summed E-state index contributed by atoms with van der Waals surface area (Å²) < 4.78 is 0. The Kier molecular flexibility index (Phi) is 2.56. The van der Waals surface area contributed by atoms with Gasteiger partial charge in [-0.1, -0.05) is 30.3 Å². The zero-order valence-electron chi connectivity index (χ0n) is 11.1. The molecule has 3 aromatic rings. The minimum atomic E-state index is 0.770. The van der Waals surface area contributed by atoms with Gasteiger partial charge in [0.1, 0.15) is 0 Å². The highest BCUT2D eigenvalue weighted by molar-refractivity contribution is 5.78. The Labute approximate surface area is 117 Å². The van der Waals surface area contributed by atoms with Crippen molar-refractivity contribution in [3.63, 3.8) is 0 Å². The van der Waals surface area contributed by atoms with Gasteiger partial charge >= 0.3 is 0 Å². The number of rotatable bonds is 3. The first kappa shape index (κ1) is 11.3. The highest BCUT2D eigenvalue weighted by Crippen LogP contribution is 2.37. The van der Waals surface area contributed by atoms with E-state index >= 15 is 0 Å². The molecule has 4 rings (SSSR count). The lowest BCUT2D eigenvalue weighted by molar-refractivity contribution is 1.07. The predicted molar refractivity (Wildman–Crippen MR) is 80.6 cm³/mol. The molecule has 0 saturated heterocycles. The van der Waals surface area contributed by atoms with Gasteiger partial charge in [0.2, 0.25) is 0 Å². The van der Waals surface area contributed by atoms with E-state index in [0.29, 0.717) is 0 Å². The van der Waals surface area contributed by atoms with E-state index in [9.17, 15) is 0 Å². The van der Waals surface area contributed by atoms with Gasteiger partial charge in [0, 0.05) is 11.9 Å². The van der Waals surface area contributed by atoms with E-state index in [-0.39, 0.29) is 0 Å². The summed E-state index contributed by atoms with van der Waals surface area (Å²) in [5.74, 6) is 0. The number of hydrogen-bond acceptors (Lipinski definition) is 2. The molecule has 1 aliphatic carbocycles. The van der Waals surface area contributed by atoms with Crippen LogP contribution in [0, 0.1) is 0 Å². The summed E-state index contributed by atoms with van der Waals surface area (Å²) in [4.78, 5) is 7.12. The monoisotopic (exact) mass is 261 g/mol. The molecule has 0 saturated carbocycles. The Morgan fingerprint density at radius 3 is 2.85 bits per heavy atom. The maximum atomic E-state index is 4.02. The first-order valence-corrected chi connectivity index (χ1v) is 6.82.